The topological polar surface area (TPSA) is 50.9 Å². The van der Waals surface area contributed by atoms with Crippen LogP contribution in [0.1, 0.15) is 16.6 Å². The van der Waals surface area contributed by atoms with E-state index in [9.17, 15) is 4.39 Å². The molecule has 2 aromatic rings. The Balaban J connectivity index is 2.25. The molecule has 1 unspecified atom stereocenters. The van der Waals surface area contributed by atoms with Gasteiger partial charge in [-0.3, -0.25) is 11.3 Å². The van der Waals surface area contributed by atoms with E-state index in [1.54, 1.807) is 23.6 Å². The fraction of sp³-hybridized carbons (Fsp3) is 0.182. The maximum absolute atomic E-state index is 13.2. The van der Waals surface area contributed by atoms with E-state index in [-0.39, 0.29) is 11.9 Å². The maximum atomic E-state index is 13.2. The van der Waals surface area contributed by atoms with Crippen LogP contribution in [0.2, 0.25) is 0 Å². The van der Waals surface area contributed by atoms with E-state index in [0.29, 0.717) is 6.42 Å². The van der Waals surface area contributed by atoms with Gasteiger partial charge in [-0.05, 0) is 23.8 Å². The van der Waals surface area contributed by atoms with Gasteiger partial charge < -0.3 is 0 Å². The molecule has 0 fully saturated rings. The van der Waals surface area contributed by atoms with Crippen molar-refractivity contribution in [3.63, 3.8) is 0 Å². The van der Waals surface area contributed by atoms with Crippen LogP contribution in [-0.2, 0) is 6.42 Å². The number of thiazole rings is 1. The third-order valence-corrected chi connectivity index (χ3v) is 3.92. The lowest BCUT2D eigenvalue weighted by Crippen LogP contribution is -2.29. The van der Waals surface area contributed by atoms with Crippen molar-refractivity contribution in [1.29, 1.82) is 0 Å². The first kappa shape index (κ1) is 12.6. The van der Waals surface area contributed by atoms with Gasteiger partial charge in [-0.2, -0.15) is 0 Å². The lowest BCUT2D eigenvalue weighted by molar-refractivity contribution is 0.541. The van der Waals surface area contributed by atoms with Crippen LogP contribution in [0, 0.1) is 5.82 Å². The van der Waals surface area contributed by atoms with Crippen LogP contribution in [0.4, 0.5) is 4.39 Å². The highest BCUT2D eigenvalue weighted by Gasteiger charge is 2.15. The van der Waals surface area contributed by atoms with Crippen LogP contribution in [0.25, 0.3) is 0 Å². The number of halogens is 2. The van der Waals surface area contributed by atoms with Crippen LogP contribution >= 0.6 is 27.3 Å². The van der Waals surface area contributed by atoms with E-state index in [4.69, 9.17) is 5.84 Å². The molecule has 0 radical (unpaired) electrons. The van der Waals surface area contributed by atoms with Gasteiger partial charge in [0.05, 0.1) is 11.0 Å². The zero-order valence-corrected chi connectivity index (χ0v) is 11.3. The Hall–Kier alpha value is -0.820. The number of benzene rings is 1. The van der Waals surface area contributed by atoms with Gasteiger partial charge in [-0.25, -0.2) is 9.37 Å². The molecule has 0 saturated heterocycles. The molecule has 0 aliphatic carbocycles. The average Bonchev–Trinajstić information content (AvgIpc) is 2.82. The fourth-order valence-electron chi connectivity index (χ4n) is 1.57. The normalized spacial score (nSPS) is 12.6. The largest absolute Gasteiger partial charge is 0.271 e. The number of nitrogens with two attached hydrogens (primary N) is 1. The zero-order chi connectivity index (χ0) is 12.3. The van der Waals surface area contributed by atoms with Crippen molar-refractivity contribution in [2.75, 3.05) is 0 Å². The summed E-state index contributed by atoms with van der Waals surface area (Å²) in [4.78, 5) is 4.20. The first-order valence-electron chi connectivity index (χ1n) is 5.00. The molecule has 3 nitrogen and oxygen atoms in total. The fourth-order valence-corrected chi connectivity index (χ4v) is 2.76. The molecule has 1 heterocycles. The molecule has 90 valence electrons. The van der Waals surface area contributed by atoms with E-state index in [0.717, 1.165) is 15.0 Å². The molecule has 3 N–H and O–H groups in total. The van der Waals surface area contributed by atoms with Crippen molar-refractivity contribution in [3.05, 3.63) is 50.6 Å². The molecule has 0 saturated carbocycles. The van der Waals surface area contributed by atoms with E-state index in [2.05, 4.69) is 26.3 Å². The minimum atomic E-state index is -0.275. The molecule has 0 aliphatic rings. The summed E-state index contributed by atoms with van der Waals surface area (Å²) in [5.41, 5.74) is 3.49. The lowest BCUT2D eigenvalue weighted by atomic mass is 10.0. The second-order valence-corrected chi connectivity index (χ2v) is 5.35. The Labute approximate surface area is 111 Å². The molecule has 17 heavy (non-hydrogen) atoms. The smallest absolute Gasteiger partial charge is 0.123 e. The van der Waals surface area contributed by atoms with E-state index >= 15 is 0 Å². The Morgan fingerprint density at radius 3 is 3.00 bits per heavy atom. The highest BCUT2D eigenvalue weighted by atomic mass is 79.9. The van der Waals surface area contributed by atoms with Crippen molar-refractivity contribution in [1.82, 2.24) is 10.4 Å². The summed E-state index contributed by atoms with van der Waals surface area (Å²) in [5, 5.41) is 2.87. The summed E-state index contributed by atoms with van der Waals surface area (Å²) in [6.45, 7) is 0. The van der Waals surface area contributed by atoms with Crippen LogP contribution in [-0.4, -0.2) is 4.98 Å². The van der Waals surface area contributed by atoms with Gasteiger partial charge in [-0.1, -0.05) is 15.9 Å². The molecular weight excluding hydrogens is 305 g/mol. The lowest BCUT2D eigenvalue weighted by Gasteiger charge is -2.16. The van der Waals surface area contributed by atoms with Gasteiger partial charge in [0.1, 0.15) is 5.82 Å². The minimum absolute atomic E-state index is 0.161. The Bertz CT molecular complexity index is 489. The van der Waals surface area contributed by atoms with Crippen molar-refractivity contribution in [2.45, 2.75) is 12.5 Å². The number of nitrogens with one attached hydrogen (secondary N) is 1. The van der Waals surface area contributed by atoms with Crippen LogP contribution in [0.5, 0.6) is 0 Å². The van der Waals surface area contributed by atoms with Crippen molar-refractivity contribution >= 4 is 27.3 Å². The van der Waals surface area contributed by atoms with Crippen LogP contribution in [0.3, 0.4) is 0 Å². The first-order valence-corrected chi connectivity index (χ1v) is 6.67. The predicted octanol–water partition coefficient (Wildman–Crippen LogP) is 2.79. The second kappa shape index (κ2) is 5.68. The van der Waals surface area contributed by atoms with E-state index in [1.807, 2.05) is 5.38 Å². The third-order valence-electron chi connectivity index (χ3n) is 2.40. The average molecular weight is 316 g/mol. The maximum Gasteiger partial charge on any atom is 0.123 e. The number of hydrogen-bond donors (Lipinski definition) is 2. The summed E-state index contributed by atoms with van der Waals surface area (Å²) in [7, 11) is 0. The molecule has 0 aliphatic heterocycles. The van der Waals surface area contributed by atoms with Gasteiger partial charge in [0, 0.05) is 22.5 Å². The Morgan fingerprint density at radius 1 is 1.53 bits per heavy atom. The van der Waals surface area contributed by atoms with Gasteiger partial charge in [-0.15, -0.1) is 11.3 Å². The molecule has 0 amide bonds. The number of nitrogens with zero attached hydrogens (tertiary/aromatic N) is 1. The van der Waals surface area contributed by atoms with Gasteiger partial charge in [0.25, 0.3) is 0 Å². The van der Waals surface area contributed by atoms with Crippen LogP contribution < -0.4 is 11.3 Å². The second-order valence-electron chi connectivity index (χ2n) is 3.52. The highest BCUT2D eigenvalue weighted by molar-refractivity contribution is 9.10. The predicted molar refractivity (Wildman–Crippen MR) is 70.0 cm³/mol. The standard InChI is InChI=1S/C11H11BrFN3S/c12-9-2-1-7(13)5-8(9)10(16-14)6-11-15-3-4-17-11/h1-5,10,16H,6,14H2. The molecule has 1 atom stereocenters. The molecule has 0 spiro atoms. The Kier molecular flexibility index (Phi) is 4.22. The minimum Gasteiger partial charge on any atom is -0.271 e. The number of hydrazine groups is 1. The molecular formula is C11H11BrFN3S. The number of hydrogen-bond acceptors (Lipinski definition) is 4. The van der Waals surface area contributed by atoms with Crippen LogP contribution in [0.15, 0.2) is 34.2 Å². The van der Waals surface area contributed by atoms with Gasteiger partial charge in [0.2, 0.25) is 0 Å². The molecule has 0 bridgehead atoms. The van der Waals surface area contributed by atoms with E-state index in [1.165, 1.54) is 12.1 Å². The summed E-state index contributed by atoms with van der Waals surface area (Å²) in [6, 6.07) is 4.40. The summed E-state index contributed by atoms with van der Waals surface area (Å²) >= 11 is 4.95. The van der Waals surface area contributed by atoms with Crippen molar-refractivity contribution in [3.8, 4) is 0 Å². The number of rotatable bonds is 4. The molecule has 1 aromatic carbocycles. The summed E-state index contributed by atoms with van der Waals surface area (Å²) in [6.07, 6.45) is 2.38. The summed E-state index contributed by atoms with van der Waals surface area (Å²) in [5.74, 6) is 5.25. The Morgan fingerprint density at radius 2 is 2.35 bits per heavy atom. The third kappa shape index (κ3) is 3.10. The van der Waals surface area contributed by atoms with Gasteiger partial charge >= 0.3 is 0 Å². The molecule has 2 rings (SSSR count). The zero-order valence-electron chi connectivity index (χ0n) is 8.86. The quantitative estimate of drug-likeness (QED) is 0.674. The monoisotopic (exact) mass is 315 g/mol. The van der Waals surface area contributed by atoms with E-state index < -0.39 is 0 Å². The molecule has 6 heteroatoms. The van der Waals surface area contributed by atoms with Gasteiger partial charge in [0.15, 0.2) is 0 Å². The number of aromatic nitrogens is 1. The highest BCUT2D eigenvalue weighted by Crippen LogP contribution is 2.27. The SMILES string of the molecule is NNC(Cc1nccs1)c1cc(F)ccc1Br. The molecule has 1 aromatic heterocycles. The van der Waals surface area contributed by atoms with Crippen molar-refractivity contribution in [2.24, 2.45) is 5.84 Å². The van der Waals surface area contributed by atoms with Crippen molar-refractivity contribution < 1.29 is 4.39 Å². The summed E-state index contributed by atoms with van der Waals surface area (Å²) < 4.78 is 14.1. The first-order chi connectivity index (χ1) is 8.20.